The second-order valence-corrected chi connectivity index (χ2v) is 5.41. The summed E-state index contributed by atoms with van der Waals surface area (Å²) < 4.78 is 0.654. The van der Waals surface area contributed by atoms with Crippen LogP contribution in [0.1, 0.15) is 18.4 Å². The lowest BCUT2D eigenvalue weighted by molar-refractivity contribution is -0.385. The highest BCUT2D eigenvalue weighted by atomic mass is 79.9. The van der Waals surface area contributed by atoms with Gasteiger partial charge in [0, 0.05) is 40.8 Å². The molecule has 1 atom stereocenters. The van der Waals surface area contributed by atoms with Gasteiger partial charge in [0.1, 0.15) is 0 Å². The maximum Gasteiger partial charge on any atom is 0.273 e. The van der Waals surface area contributed by atoms with Crippen molar-refractivity contribution in [1.82, 2.24) is 5.32 Å². The van der Waals surface area contributed by atoms with E-state index in [0.29, 0.717) is 23.0 Å². The summed E-state index contributed by atoms with van der Waals surface area (Å²) in [6.07, 6.45) is 1.26. The number of nitro benzene ring substituents is 1. The number of hydrogen-bond donors (Lipinski definition) is 2. The van der Waals surface area contributed by atoms with E-state index in [0.717, 1.165) is 12.1 Å². The molecule has 1 heterocycles. The molecule has 2 N–H and O–H groups in total. The number of rotatable bonds is 3. The van der Waals surface area contributed by atoms with Gasteiger partial charge in [-0.1, -0.05) is 0 Å². The van der Waals surface area contributed by atoms with E-state index in [1.165, 1.54) is 6.07 Å². The van der Waals surface area contributed by atoms with Gasteiger partial charge in [0.05, 0.1) is 4.92 Å². The zero-order valence-corrected chi connectivity index (χ0v) is 12.0. The minimum absolute atomic E-state index is 0.0667. The lowest BCUT2D eigenvalue weighted by Crippen LogP contribution is -2.41. The Balaban J connectivity index is 2.15. The molecule has 1 aliphatic rings. The molecule has 0 aromatic heterocycles. The highest BCUT2D eigenvalue weighted by molar-refractivity contribution is 9.10. The number of anilines is 1. The Bertz CT molecular complexity index is 523. The molecule has 1 aliphatic heterocycles. The summed E-state index contributed by atoms with van der Waals surface area (Å²) in [5, 5.41) is 16.9. The van der Waals surface area contributed by atoms with Crippen LogP contribution in [-0.2, 0) is 4.79 Å². The van der Waals surface area contributed by atoms with Gasteiger partial charge in [-0.15, -0.1) is 0 Å². The molecule has 1 aromatic carbocycles. The normalized spacial score (nSPS) is 18.8. The zero-order valence-electron chi connectivity index (χ0n) is 10.4. The third-order valence-corrected chi connectivity index (χ3v) is 3.76. The van der Waals surface area contributed by atoms with Crippen molar-refractivity contribution in [3.8, 4) is 0 Å². The van der Waals surface area contributed by atoms with Crippen molar-refractivity contribution in [2.24, 2.45) is 0 Å². The van der Waals surface area contributed by atoms with E-state index in [2.05, 4.69) is 26.6 Å². The fraction of sp³-hybridized carbons (Fsp3) is 0.417. The highest BCUT2D eigenvalue weighted by Gasteiger charge is 2.20. The highest BCUT2D eigenvalue weighted by Crippen LogP contribution is 2.31. The Kier molecular flexibility index (Phi) is 4.04. The maximum atomic E-state index is 11.1. The van der Waals surface area contributed by atoms with E-state index in [-0.39, 0.29) is 17.6 Å². The number of nitrogens with one attached hydrogen (secondary N) is 2. The van der Waals surface area contributed by atoms with E-state index in [1.807, 2.05) is 0 Å². The predicted octanol–water partition coefficient (Wildman–Crippen LogP) is 2.36. The number of carbonyl (C=O) groups excluding carboxylic acids is 1. The number of carbonyl (C=O) groups is 1. The van der Waals surface area contributed by atoms with Gasteiger partial charge in [-0.2, -0.15) is 0 Å². The van der Waals surface area contributed by atoms with Gasteiger partial charge in [0.15, 0.2) is 0 Å². The van der Waals surface area contributed by atoms with E-state index < -0.39 is 4.92 Å². The first-order valence-corrected chi connectivity index (χ1v) is 6.74. The van der Waals surface area contributed by atoms with E-state index in [4.69, 9.17) is 0 Å². The summed E-state index contributed by atoms with van der Waals surface area (Å²) in [5.41, 5.74) is 1.51. The van der Waals surface area contributed by atoms with Crippen molar-refractivity contribution in [2.75, 3.05) is 11.9 Å². The largest absolute Gasteiger partial charge is 0.380 e. The first-order chi connectivity index (χ1) is 8.97. The van der Waals surface area contributed by atoms with E-state index >= 15 is 0 Å². The van der Waals surface area contributed by atoms with Crippen molar-refractivity contribution < 1.29 is 9.72 Å². The van der Waals surface area contributed by atoms with Gasteiger partial charge in [0.25, 0.3) is 5.69 Å². The molecular formula is C12H14BrN3O3. The number of nitrogens with zero attached hydrogens (tertiary/aromatic N) is 1. The molecule has 19 heavy (non-hydrogen) atoms. The maximum absolute atomic E-state index is 11.1. The van der Waals surface area contributed by atoms with Crippen LogP contribution >= 0.6 is 15.9 Å². The van der Waals surface area contributed by atoms with Gasteiger partial charge in [-0.3, -0.25) is 14.9 Å². The summed E-state index contributed by atoms with van der Waals surface area (Å²) in [7, 11) is 0. The van der Waals surface area contributed by atoms with Gasteiger partial charge in [-0.25, -0.2) is 0 Å². The van der Waals surface area contributed by atoms with Crippen LogP contribution in [0.4, 0.5) is 11.4 Å². The number of piperidine rings is 1. The Labute approximate surface area is 118 Å². The number of halogens is 1. The van der Waals surface area contributed by atoms with Gasteiger partial charge in [-0.05, 0) is 35.3 Å². The Morgan fingerprint density at radius 2 is 2.26 bits per heavy atom. The smallest absolute Gasteiger partial charge is 0.273 e. The van der Waals surface area contributed by atoms with E-state index in [9.17, 15) is 14.9 Å². The summed E-state index contributed by atoms with van der Waals surface area (Å²) >= 11 is 3.33. The number of hydrogen-bond acceptors (Lipinski definition) is 4. The first-order valence-electron chi connectivity index (χ1n) is 5.95. The SMILES string of the molecule is Cc1cc(NC2CCC(=O)NC2)c(Br)cc1[N+](=O)[O-]. The molecule has 2 rings (SSSR count). The predicted molar refractivity (Wildman–Crippen MR) is 75.2 cm³/mol. The molecule has 7 heteroatoms. The summed E-state index contributed by atoms with van der Waals surface area (Å²) in [5.74, 6) is 0.0667. The molecule has 102 valence electrons. The third kappa shape index (κ3) is 3.23. The molecule has 1 fully saturated rings. The average molecular weight is 328 g/mol. The van der Waals surface area contributed by atoms with Crippen molar-refractivity contribution >= 4 is 33.2 Å². The number of aryl methyl sites for hydroxylation is 1. The molecule has 0 bridgehead atoms. The first kappa shape index (κ1) is 13.8. The fourth-order valence-corrected chi connectivity index (χ4v) is 2.50. The van der Waals surface area contributed by atoms with Crippen LogP contribution in [-0.4, -0.2) is 23.4 Å². The minimum atomic E-state index is -0.398. The number of benzene rings is 1. The van der Waals surface area contributed by atoms with Crippen LogP contribution in [0, 0.1) is 17.0 Å². The van der Waals surface area contributed by atoms with Gasteiger partial charge in [0.2, 0.25) is 5.91 Å². The van der Waals surface area contributed by atoms with Crippen molar-refractivity contribution in [3.05, 3.63) is 32.3 Å². The summed E-state index contributed by atoms with van der Waals surface area (Å²) in [4.78, 5) is 21.5. The lowest BCUT2D eigenvalue weighted by atomic mass is 10.1. The van der Waals surface area contributed by atoms with E-state index in [1.54, 1.807) is 13.0 Å². The van der Waals surface area contributed by atoms with Crippen LogP contribution in [0.25, 0.3) is 0 Å². The number of nitro groups is 1. The molecular weight excluding hydrogens is 314 g/mol. The second-order valence-electron chi connectivity index (χ2n) is 4.56. The topological polar surface area (TPSA) is 84.3 Å². The van der Waals surface area contributed by atoms with Crippen molar-refractivity contribution in [2.45, 2.75) is 25.8 Å². The molecule has 1 unspecified atom stereocenters. The molecule has 0 spiro atoms. The van der Waals surface area contributed by atoms with Gasteiger partial charge >= 0.3 is 0 Å². The Morgan fingerprint density at radius 1 is 1.53 bits per heavy atom. The van der Waals surface area contributed by atoms with Gasteiger partial charge < -0.3 is 10.6 Å². The monoisotopic (exact) mass is 327 g/mol. The molecule has 0 radical (unpaired) electrons. The van der Waals surface area contributed by atoms with Crippen LogP contribution in [0.2, 0.25) is 0 Å². The standard InChI is InChI=1S/C12H14BrN3O3/c1-7-4-10(9(13)5-11(7)16(18)19)15-8-2-3-12(17)14-6-8/h4-5,8,15H,2-3,6H2,1H3,(H,14,17). The molecule has 6 nitrogen and oxygen atoms in total. The van der Waals surface area contributed by atoms with Crippen LogP contribution in [0.5, 0.6) is 0 Å². The van der Waals surface area contributed by atoms with Crippen LogP contribution in [0.15, 0.2) is 16.6 Å². The Hall–Kier alpha value is -1.63. The lowest BCUT2D eigenvalue weighted by Gasteiger charge is -2.25. The average Bonchev–Trinajstić information content (AvgIpc) is 2.35. The molecule has 1 aromatic rings. The van der Waals surface area contributed by atoms with Crippen molar-refractivity contribution in [1.29, 1.82) is 0 Å². The van der Waals surface area contributed by atoms with Crippen molar-refractivity contribution in [3.63, 3.8) is 0 Å². The third-order valence-electron chi connectivity index (χ3n) is 3.11. The zero-order chi connectivity index (χ0) is 14.0. The molecule has 1 amide bonds. The molecule has 1 saturated heterocycles. The molecule has 0 aliphatic carbocycles. The number of amides is 1. The Morgan fingerprint density at radius 3 is 2.84 bits per heavy atom. The summed E-state index contributed by atoms with van der Waals surface area (Å²) in [6.45, 7) is 2.28. The minimum Gasteiger partial charge on any atom is -0.380 e. The summed E-state index contributed by atoms with van der Waals surface area (Å²) in [6, 6.07) is 3.40. The van der Waals surface area contributed by atoms with Crippen LogP contribution < -0.4 is 10.6 Å². The second kappa shape index (κ2) is 5.56. The molecule has 0 saturated carbocycles. The fourth-order valence-electron chi connectivity index (χ4n) is 2.05. The quantitative estimate of drug-likeness (QED) is 0.659. The van der Waals surface area contributed by atoms with Crippen LogP contribution in [0.3, 0.4) is 0 Å².